The summed E-state index contributed by atoms with van der Waals surface area (Å²) in [6.07, 6.45) is 4.57. The molecule has 0 aliphatic carbocycles. The van der Waals surface area contributed by atoms with Crippen LogP contribution in [-0.4, -0.2) is 20.5 Å². The molecule has 7 nitrogen and oxygen atoms in total. The van der Waals surface area contributed by atoms with Crippen molar-refractivity contribution >= 4 is 11.6 Å². The van der Waals surface area contributed by atoms with Crippen molar-refractivity contribution in [3.8, 4) is 11.5 Å². The van der Waals surface area contributed by atoms with Gasteiger partial charge in [0.05, 0.1) is 12.5 Å². The minimum absolute atomic E-state index is 0.311. The molecule has 3 rings (SSSR count). The van der Waals surface area contributed by atoms with Crippen molar-refractivity contribution in [2.24, 2.45) is 5.84 Å². The standard InChI is InChI=1S/C11H9N5O2/c12-15-11(17)7-6-14-16-8(3-4-13-10(7)16)9-2-1-5-18-9/h1-6H,12H2,(H,15,17). The third-order valence-corrected chi connectivity index (χ3v) is 2.55. The zero-order valence-corrected chi connectivity index (χ0v) is 9.20. The number of carbonyl (C=O) groups excluding carboxylic acids is 1. The Kier molecular flexibility index (Phi) is 2.31. The molecule has 90 valence electrons. The highest BCUT2D eigenvalue weighted by atomic mass is 16.3. The molecule has 0 bridgehead atoms. The van der Waals surface area contributed by atoms with Gasteiger partial charge >= 0.3 is 0 Å². The first kappa shape index (κ1) is 10.5. The quantitative estimate of drug-likeness (QED) is 0.390. The van der Waals surface area contributed by atoms with Crippen LogP contribution in [0.2, 0.25) is 0 Å². The highest BCUT2D eigenvalue weighted by Crippen LogP contribution is 2.20. The van der Waals surface area contributed by atoms with Crippen LogP contribution in [0.5, 0.6) is 0 Å². The lowest BCUT2D eigenvalue weighted by molar-refractivity contribution is 0.0955. The summed E-state index contributed by atoms with van der Waals surface area (Å²) in [5.74, 6) is 5.31. The number of amides is 1. The van der Waals surface area contributed by atoms with Crippen LogP contribution in [0.3, 0.4) is 0 Å². The molecular weight excluding hydrogens is 234 g/mol. The number of hydrogen-bond donors (Lipinski definition) is 2. The van der Waals surface area contributed by atoms with Crippen LogP contribution in [0.1, 0.15) is 10.4 Å². The molecule has 0 spiro atoms. The van der Waals surface area contributed by atoms with Crippen molar-refractivity contribution in [1.29, 1.82) is 0 Å². The highest BCUT2D eigenvalue weighted by molar-refractivity contribution is 5.99. The maximum Gasteiger partial charge on any atom is 0.270 e. The van der Waals surface area contributed by atoms with Gasteiger partial charge in [-0.2, -0.15) is 5.10 Å². The van der Waals surface area contributed by atoms with Crippen LogP contribution in [-0.2, 0) is 0 Å². The smallest absolute Gasteiger partial charge is 0.270 e. The number of fused-ring (bicyclic) bond motifs is 1. The Morgan fingerprint density at radius 3 is 3.06 bits per heavy atom. The van der Waals surface area contributed by atoms with Gasteiger partial charge in [-0.3, -0.25) is 10.2 Å². The van der Waals surface area contributed by atoms with Crippen molar-refractivity contribution in [1.82, 2.24) is 20.0 Å². The van der Waals surface area contributed by atoms with Crippen LogP contribution in [0.25, 0.3) is 17.1 Å². The van der Waals surface area contributed by atoms with E-state index in [0.717, 1.165) is 0 Å². The summed E-state index contributed by atoms with van der Waals surface area (Å²) in [5, 5.41) is 4.12. The number of nitrogens with two attached hydrogens (primary N) is 1. The number of furan rings is 1. The van der Waals surface area contributed by atoms with Crippen molar-refractivity contribution in [3.05, 3.63) is 42.4 Å². The number of hydrazine groups is 1. The summed E-state index contributed by atoms with van der Waals surface area (Å²) in [6, 6.07) is 5.33. The molecule has 0 radical (unpaired) electrons. The molecule has 0 saturated heterocycles. The van der Waals surface area contributed by atoms with Crippen molar-refractivity contribution in [3.63, 3.8) is 0 Å². The van der Waals surface area contributed by atoms with Gasteiger partial charge in [-0.1, -0.05) is 0 Å². The summed E-state index contributed by atoms with van der Waals surface area (Å²) in [7, 11) is 0. The summed E-state index contributed by atoms with van der Waals surface area (Å²) >= 11 is 0. The van der Waals surface area contributed by atoms with E-state index in [0.29, 0.717) is 22.7 Å². The van der Waals surface area contributed by atoms with Crippen molar-refractivity contribution in [2.75, 3.05) is 0 Å². The Hall–Kier alpha value is -2.67. The zero-order valence-electron chi connectivity index (χ0n) is 9.20. The van der Waals surface area contributed by atoms with E-state index in [1.54, 1.807) is 30.7 Å². The van der Waals surface area contributed by atoms with Gasteiger partial charge < -0.3 is 4.42 Å². The van der Waals surface area contributed by atoms with Gasteiger partial charge in [-0.25, -0.2) is 15.3 Å². The van der Waals surface area contributed by atoms with E-state index in [1.807, 2.05) is 0 Å². The molecule has 0 aliphatic rings. The number of hydrogen-bond acceptors (Lipinski definition) is 5. The van der Waals surface area contributed by atoms with Gasteiger partial charge in [0.25, 0.3) is 5.91 Å². The first-order chi connectivity index (χ1) is 8.81. The van der Waals surface area contributed by atoms with Gasteiger partial charge in [-0.15, -0.1) is 0 Å². The van der Waals surface area contributed by atoms with Crippen LogP contribution >= 0.6 is 0 Å². The Morgan fingerprint density at radius 1 is 1.44 bits per heavy atom. The summed E-state index contributed by atoms with van der Waals surface area (Å²) < 4.78 is 6.84. The molecule has 0 unspecified atom stereocenters. The minimum atomic E-state index is -0.436. The fourth-order valence-corrected chi connectivity index (χ4v) is 1.74. The second-order valence-corrected chi connectivity index (χ2v) is 3.57. The zero-order chi connectivity index (χ0) is 12.5. The van der Waals surface area contributed by atoms with Gasteiger partial charge in [0, 0.05) is 6.20 Å². The molecule has 3 aromatic heterocycles. The molecule has 0 aliphatic heterocycles. The maximum atomic E-state index is 11.5. The fourth-order valence-electron chi connectivity index (χ4n) is 1.74. The lowest BCUT2D eigenvalue weighted by Crippen LogP contribution is -2.29. The molecule has 7 heteroatoms. The molecular formula is C11H9N5O2. The molecule has 0 saturated carbocycles. The van der Waals surface area contributed by atoms with E-state index < -0.39 is 5.91 Å². The third-order valence-electron chi connectivity index (χ3n) is 2.55. The average molecular weight is 243 g/mol. The van der Waals surface area contributed by atoms with E-state index in [4.69, 9.17) is 10.3 Å². The SMILES string of the molecule is NNC(=O)c1cnn2c(-c3ccco3)ccnc12. The Bertz CT molecular complexity index is 701. The highest BCUT2D eigenvalue weighted by Gasteiger charge is 2.15. The molecule has 1 amide bonds. The second kappa shape index (κ2) is 3.97. The topological polar surface area (TPSA) is 98.4 Å². The predicted octanol–water partition coefficient (Wildman–Crippen LogP) is 0.593. The second-order valence-electron chi connectivity index (χ2n) is 3.57. The number of carbonyl (C=O) groups is 1. The van der Waals surface area contributed by atoms with Crippen molar-refractivity contribution in [2.45, 2.75) is 0 Å². The van der Waals surface area contributed by atoms with Crippen LogP contribution in [0, 0.1) is 0 Å². The third kappa shape index (κ3) is 1.45. The molecule has 3 heterocycles. The molecule has 0 fully saturated rings. The van der Waals surface area contributed by atoms with E-state index in [-0.39, 0.29) is 0 Å². The molecule has 0 aromatic carbocycles. The Labute approximate surface area is 101 Å². The first-order valence-electron chi connectivity index (χ1n) is 5.19. The molecule has 18 heavy (non-hydrogen) atoms. The number of rotatable bonds is 2. The van der Waals surface area contributed by atoms with Gasteiger partial charge in [0.15, 0.2) is 11.4 Å². The van der Waals surface area contributed by atoms with Gasteiger partial charge in [0.2, 0.25) is 0 Å². The normalized spacial score (nSPS) is 10.7. The fraction of sp³-hybridized carbons (Fsp3) is 0. The predicted molar refractivity (Wildman–Crippen MR) is 62.3 cm³/mol. The number of nitrogen functional groups attached to an aromatic ring is 1. The van der Waals surface area contributed by atoms with E-state index in [1.165, 1.54) is 10.7 Å². The van der Waals surface area contributed by atoms with Crippen molar-refractivity contribution < 1.29 is 9.21 Å². The lowest BCUT2D eigenvalue weighted by Gasteiger charge is -2.01. The number of nitrogens with zero attached hydrogens (tertiary/aromatic N) is 3. The lowest BCUT2D eigenvalue weighted by atomic mass is 10.3. The monoisotopic (exact) mass is 243 g/mol. The largest absolute Gasteiger partial charge is 0.463 e. The summed E-state index contributed by atoms with van der Waals surface area (Å²) in [6.45, 7) is 0. The van der Waals surface area contributed by atoms with Crippen LogP contribution < -0.4 is 11.3 Å². The minimum Gasteiger partial charge on any atom is -0.463 e. The van der Waals surface area contributed by atoms with E-state index >= 15 is 0 Å². The van der Waals surface area contributed by atoms with Crippen LogP contribution in [0.4, 0.5) is 0 Å². The summed E-state index contributed by atoms with van der Waals surface area (Å²) in [5.41, 5.74) is 3.50. The molecule has 3 aromatic rings. The Balaban J connectivity index is 2.25. The molecule has 0 atom stereocenters. The van der Waals surface area contributed by atoms with E-state index in [9.17, 15) is 4.79 Å². The maximum absolute atomic E-state index is 11.5. The number of nitrogens with one attached hydrogen (secondary N) is 1. The average Bonchev–Trinajstić information content (AvgIpc) is 3.06. The number of aromatic nitrogens is 3. The Morgan fingerprint density at radius 2 is 2.33 bits per heavy atom. The van der Waals surface area contributed by atoms with E-state index in [2.05, 4.69) is 15.5 Å². The van der Waals surface area contributed by atoms with Gasteiger partial charge in [0.1, 0.15) is 11.3 Å². The first-order valence-corrected chi connectivity index (χ1v) is 5.19. The summed E-state index contributed by atoms with van der Waals surface area (Å²) in [4.78, 5) is 15.7. The van der Waals surface area contributed by atoms with Crippen LogP contribution in [0.15, 0.2) is 41.3 Å². The van der Waals surface area contributed by atoms with Gasteiger partial charge in [-0.05, 0) is 18.2 Å². The molecule has 3 N–H and O–H groups in total.